The lowest BCUT2D eigenvalue weighted by atomic mass is 10.2. The number of pyridine rings is 1. The molecule has 1 saturated heterocycles. The van der Waals surface area contributed by atoms with Gasteiger partial charge in [-0.15, -0.1) is 0 Å². The van der Waals surface area contributed by atoms with Crippen molar-refractivity contribution in [3.05, 3.63) is 94.2 Å². The summed E-state index contributed by atoms with van der Waals surface area (Å²) in [4.78, 5) is 42.2. The van der Waals surface area contributed by atoms with E-state index in [0.717, 1.165) is 10.6 Å². The molecule has 4 rings (SSSR count). The molecule has 0 unspecified atom stereocenters. The number of nitrogens with zero attached hydrogens (tertiary/aromatic N) is 4. The highest BCUT2D eigenvalue weighted by Gasteiger charge is 2.34. The number of nitrogens with one attached hydrogen (secondary N) is 1. The van der Waals surface area contributed by atoms with Crippen LogP contribution >= 0.6 is 0 Å². The molecule has 0 atom stereocenters. The number of benzene rings is 2. The number of aromatic nitrogens is 1. The van der Waals surface area contributed by atoms with Crippen molar-refractivity contribution in [1.82, 2.24) is 9.88 Å². The first-order chi connectivity index (χ1) is 15.5. The highest BCUT2D eigenvalue weighted by atomic mass is 16.6. The predicted molar refractivity (Wildman–Crippen MR) is 118 cm³/mol. The lowest BCUT2D eigenvalue weighted by molar-refractivity contribution is -0.389. The van der Waals surface area contributed by atoms with Crippen LogP contribution in [0.25, 0.3) is 0 Å². The molecule has 1 fully saturated rings. The van der Waals surface area contributed by atoms with Crippen LogP contribution in [0.15, 0.2) is 72.9 Å². The normalized spacial score (nSPS) is 12.8. The van der Waals surface area contributed by atoms with Crippen molar-refractivity contribution in [2.45, 2.75) is 0 Å². The number of carbonyl (C=O) groups is 2. The Bertz CT molecular complexity index is 1250. The molecular formula is C23H17N5O4. The average molecular weight is 427 g/mol. The predicted octanol–water partition coefficient (Wildman–Crippen LogP) is 3.86. The molecule has 9 heteroatoms. The summed E-state index contributed by atoms with van der Waals surface area (Å²) in [7, 11) is 0. The second-order valence-electron chi connectivity index (χ2n) is 6.81. The molecule has 2 aromatic carbocycles. The zero-order valence-corrected chi connectivity index (χ0v) is 16.8. The molecule has 0 aliphatic carbocycles. The van der Waals surface area contributed by atoms with E-state index in [9.17, 15) is 19.7 Å². The topological polar surface area (TPSA) is 109 Å². The van der Waals surface area contributed by atoms with E-state index in [1.165, 1.54) is 12.3 Å². The number of hydrogen-bond acceptors (Lipinski definition) is 5. The van der Waals surface area contributed by atoms with E-state index in [0.29, 0.717) is 17.8 Å². The summed E-state index contributed by atoms with van der Waals surface area (Å²) in [5.74, 6) is 5.26. The minimum Gasteiger partial charge on any atom is -0.358 e. The molecule has 3 aromatic rings. The van der Waals surface area contributed by atoms with Crippen LogP contribution in [-0.4, -0.2) is 40.0 Å². The summed E-state index contributed by atoms with van der Waals surface area (Å²) < 4.78 is 0. The molecule has 9 nitrogen and oxygen atoms in total. The number of para-hydroxylation sites is 1. The maximum atomic E-state index is 12.7. The van der Waals surface area contributed by atoms with Crippen LogP contribution in [0.2, 0.25) is 0 Å². The monoisotopic (exact) mass is 427 g/mol. The largest absolute Gasteiger partial charge is 0.379 e. The second-order valence-corrected chi connectivity index (χ2v) is 6.81. The van der Waals surface area contributed by atoms with Crippen molar-refractivity contribution in [3.63, 3.8) is 0 Å². The Hall–Kier alpha value is -4.71. The van der Waals surface area contributed by atoms with Gasteiger partial charge in [0.1, 0.15) is 11.8 Å². The first kappa shape index (κ1) is 20.6. The second kappa shape index (κ2) is 8.97. The van der Waals surface area contributed by atoms with Crippen LogP contribution < -0.4 is 10.2 Å². The summed E-state index contributed by atoms with van der Waals surface area (Å²) >= 11 is 0. The minimum absolute atomic E-state index is 0.190. The van der Waals surface area contributed by atoms with E-state index in [2.05, 4.69) is 22.1 Å². The van der Waals surface area contributed by atoms with Crippen molar-refractivity contribution in [2.24, 2.45) is 0 Å². The maximum absolute atomic E-state index is 12.7. The molecule has 158 valence electrons. The van der Waals surface area contributed by atoms with Crippen molar-refractivity contribution < 1.29 is 14.5 Å². The van der Waals surface area contributed by atoms with Crippen LogP contribution in [0.4, 0.5) is 26.8 Å². The fraction of sp³-hybridized carbons (Fsp3) is 0.0870. The number of imide groups is 1. The smallest absolute Gasteiger partial charge is 0.358 e. The third kappa shape index (κ3) is 4.39. The number of carbonyl (C=O) groups excluding carboxylic acids is 2. The molecule has 0 radical (unpaired) electrons. The van der Waals surface area contributed by atoms with E-state index in [1.54, 1.807) is 35.2 Å². The highest BCUT2D eigenvalue weighted by molar-refractivity contribution is 6.08. The molecule has 32 heavy (non-hydrogen) atoms. The van der Waals surface area contributed by atoms with E-state index in [-0.39, 0.29) is 17.9 Å². The van der Waals surface area contributed by atoms with Crippen LogP contribution in [0.1, 0.15) is 11.1 Å². The van der Waals surface area contributed by atoms with Gasteiger partial charge in [0.15, 0.2) is 0 Å². The van der Waals surface area contributed by atoms with Crippen LogP contribution in [-0.2, 0) is 0 Å². The molecular weight excluding hydrogens is 410 g/mol. The summed E-state index contributed by atoms with van der Waals surface area (Å²) in [5, 5.41) is 13.8. The third-order valence-corrected chi connectivity index (χ3v) is 4.74. The van der Waals surface area contributed by atoms with Crippen molar-refractivity contribution in [2.75, 3.05) is 23.3 Å². The van der Waals surface area contributed by atoms with Gasteiger partial charge in [-0.1, -0.05) is 36.1 Å². The van der Waals surface area contributed by atoms with Crippen molar-refractivity contribution in [1.29, 1.82) is 0 Å². The standard InChI is InChI=1S/C23H17N5O4/c29-22(27-15-14-26(23(27)30)20-9-2-1-3-10-20)25-19-8-4-6-17(16-19)11-12-18-7-5-13-24-21(18)28(31)32/h1-10,13,16H,14-15H2,(H,25,29). The molecule has 0 spiro atoms. The number of urea groups is 2. The molecule has 0 saturated carbocycles. The Morgan fingerprint density at radius 1 is 1.03 bits per heavy atom. The van der Waals surface area contributed by atoms with Crippen molar-refractivity contribution in [3.8, 4) is 11.8 Å². The molecule has 1 N–H and O–H groups in total. The molecule has 1 aromatic heterocycles. The Kier molecular flexibility index (Phi) is 5.76. The molecule has 4 amide bonds. The summed E-state index contributed by atoms with van der Waals surface area (Å²) in [5.41, 5.74) is 1.92. The summed E-state index contributed by atoms with van der Waals surface area (Å²) in [6, 6.07) is 18.0. The van der Waals surface area contributed by atoms with Crippen LogP contribution in [0.3, 0.4) is 0 Å². The van der Waals surface area contributed by atoms with Crippen molar-refractivity contribution >= 4 is 29.3 Å². The highest BCUT2D eigenvalue weighted by Crippen LogP contribution is 2.21. The van der Waals surface area contributed by atoms with E-state index in [1.807, 2.05) is 30.3 Å². The Morgan fingerprint density at radius 2 is 1.84 bits per heavy atom. The molecule has 0 bridgehead atoms. The molecule has 1 aliphatic rings. The zero-order chi connectivity index (χ0) is 22.5. The minimum atomic E-state index is -0.591. The third-order valence-electron chi connectivity index (χ3n) is 4.74. The molecule has 2 heterocycles. The quantitative estimate of drug-likeness (QED) is 0.388. The average Bonchev–Trinajstić information content (AvgIpc) is 3.20. The van der Waals surface area contributed by atoms with Gasteiger partial charge in [0.2, 0.25) is 0 Å². The Morgan fingerprint density at radius 3 is 2.62 bits per heavy atom. The number of rotatable bonds is 3. The van der Waals surface area contributed by atoms with Gasteiger partial charge < -0.3 is 15.4 Å². The van der Waals surface area contributed by atoms with Gasteiger partial charge in [0, 0.05) is 23.5 Å². The van der Waals surface area contributed by atoms with Gasteiger partial charge in [-0.2, -0.15) is 0 Å². The lowest BCUT2D eigenvalue weighted by Gasteiger charge is -2.18. The number of nitro groups is 1. The lowest BCUT2D eigenvalue weighted by Crippen LogP contribution is -2.39. The van der Waals surface area contributed by atoms with Gasteiger partial charge >= 0.3 is 17.9 Å². The van der Waals surface area contributed by atoms with Crippen LogP contribution in [0.5, 0.6) is 0 Å². The van der Waals surface area contributed by atoms with E-state index in [4.69, 9.17) is 0 Å². The first-order valence-electron chi connectivity index (χ1n) is 9.69. The number of hydrogen-bond donors (Lipinski definition) is 1. The van der Waals surface area contributed by atoms with Crippen LogP contribution in [0, 0.1) is 22.0 Å². The maximum Gasteiger partial charge on any atom is 0.379 e. The summed E-state index contributed by atoms with van der Waals surface area (Å²) in [6.07, 6.45) is 1.33. The summed E-state index contributed by atoms with van der Waals surface area (Å²) in [6.45, 7) is 0.676. The van der Waals surface area contributed by atoms with Gasteiger partial charge in [-0.3, -0.25) is 4.90 Å². The van der Waals surface area contributed by atoms with E-state index < -0.39 is 17.0 Å². The van der Waals surface area contributed by atoms with Gasteiger partial charge in [-0.25, -0.2) is 14.5 Å². The first-order valence-corrected chi connectivity index (χ1v) is 9.69. The van der Waals surface area contributed by atoms with Gasteiger partial charge in [-0.05, 0) is 52.4 Å². The fourth-order valence-corrected chi connectivity index (χ4v) is 3.22. The van der Waals surface area contributed by atoms with Gasteiger partial charge in [0.25, 0.3) is 0 Å². The Balaban J connectivity index is 1.47. The fourth-order valence-electron chi connectivity index (χ4n) is 3.22. The molecule has 1 aliphatic heterocycles. The number of anilines is 2. The Labute approximate surface area is 183 Å². The van der Waals surface area contributed by atoms with E-state index >= 15 is 0 Å². The number of amides is 4. The van der Waals surface area contributed by atoms with Gasteiger partial charge in [0.05, 0.1) is 6.54 Å². The SMILES string of the molecule is O=C(Nc1cccc(C#Cc2cccnc2[N+](=O)[O-])c1)N1CCN(c2ccccc2)C1=O. The zero-order valence-electron chi connectivity index (χ0n) is 16.8.